The number of rotatable bonds is 7. The highest BCUT2D eigenvalue weighted by molar-refractivity contribution is 8.03. The van der Waals surface area contributed by atoms with E-state index in [1.54, 1.807) is 18.4 Å². The number of aromatic nitrogens is 1. The van der Waals surface area contributed by atoms with Crippen molar-refractivity contribution in [2.75, 3.05) is 12.9 Å². The minimum atomic E-state index is -0.784. The molecule has 0 spiro atoms. The molecule has 118 valence electrons. The lowest BCUT2D eigenvalue weighted by Crippen LogP contribution is -2.33. The molecule has 0 aliphatic carbocycles. The van der Waals surface area contributed by atoms with Gasteiger partial charge in [-0.05, 0) is 30.4 Å². The largest absolute Gasteiger partial charge is 0.497 e. The van der Waals surface area contributed by atoms with Crippen molar-refractivity contribution in [2.45, 2.75) is 26.8 Å². The van der Waals surface area contributed by atoms with Crippen molar-refractivity contribution < 1.29 is 19.2 Å². The van der Waals surface area contributed by atoms with Gasteiger partial charge in [0.2, 0.25) is 5.52 Å². The van der Waals surface area contributed by atoms with Gasteiger partial charge in [0.1, 0.15) is 17.0 Å². The van der Waals surface area contributed by atoms with Crippen LogP contribution in [-0.4, -0.2) is 23.9 Å². The Morgan fingerprint density at radius 2 is 2.23 bits per heavy atom. The van der Waals surface area contributed by atoms with E-state index >= 15 is 0 Å². The standard InChI is InChI=1S/C16H19NO3S2/c1-4-12(21-10-16(18)19)9-15-17(5-2)13-8-11(20-3)6-7-14(13)22-15/h6-9H,4-5,10H2,1-3H3/p+1/b12-9+. The van der Waals surface area contributed by atoms with E-state index < -0.39 is 5.97 Å². The van der Waals surface area contributed by atoms with E-state index in [9.17, 15) is 4.79 Å². The molecule has 1 N–H and O–H groups in total. The number of carbonyl (C=O) groups is 1. The predicted octanol–water partition coefficient (Wildman–Crippen LogP) is 3.79. The summed E-state index contributed by atoms with van der Waals surface area (Å²) >= 11 is 3.11. The zero-order chi connectivity index (χ0) is 16.1. The van der Waals surface area contributed by atoms with E-state index in [0.29, 0.717) is 0 Å². The van der Waals surface area contributed by atoms with Crippen LogP contribution in [0.5, 0.6) is 5.75 Å². The van der Waals surface area contributed by atoms with Gasteiger partial charge >= 0.3 is 5.97 Å². The number of hydrogen-bond acceptors (Lipinski definition) is 4. The zero-order valence-corrected chi connectivity index (χ0v) is 14.6. The number of allylic oxidation sites excluding steroid dienone is 1. The molecule has 0 radical (unpaired) electrons. The Labute approximate surface area is 138 Å². The van der Waals surface area contributed by atoms with Crippen LogP contribution in [0.1, 0.15) is 25.3 Å². The van der Waals surface area contributed by atoms with Crippen LogP contribution >= 0.6 is 23.1 Å². The van der Waals surface area contributed by atoms with Crippen LogP contribution in [0.3, 0.4) is 0 Å². The molecule has 0 aliphatic heterocycles. The van der Waals surface area contributed by atoms with Gasteiger partial charge < -0.3 is 9.84 Å². The van der Waals surface area contributed by atoms with Gasteiger partial charge in [-0.1, -0.05) is 18.3 Å². The highest BCUT2D eigenvalue weighted by Crippen LogP contribution is 2.28. The number of methoxy groups -OCH3 is 1. The first-order valence-electron chi connectivity index (χ1n) is 7.14. The molecule has 22 heavy (non-hydrogen) atoms. The van der Waals surface area contributed by atoms with Gasteiger partial charge in [-0.25, -0.2) is 0 Å². The third kappa shape index (κ3) is 3.81. The van der Waals surface area contributed by atoms with Gasteiger partial charge in [-0.2, -0.15) is 4.57 Å². The quantitative estimate of drug-likeness (QED) is 0.781. The Hall–Kier alpha value is -1.53. The molecule has 0 fully saturated rings. The molecule has 2 aromatic rings. The first-order chi connectivity index (χ1) is 10.6. The maximum Gasteiger partial charge on any atom is 0.313 e. The maximum atomic E-state index is 10.7. The Kier molecular flexibility index (Phi) is 5.85. The minimum Gasteiger partial charge on any atom is -0.497 e. The number of fused-ring (bicyclic) bond motifs is 1. The smallest absolute Gasteiger partial charge is 0.313 e. The van der Waals surface area contributed by atoms with E-state index in [-0.39, 0.29) is 5.75 Å². The highest BCUT2D eigenvalue weighted by Gasteiger charge is 2.18. The van der Waals surface area contributed by atoms with Crippen LogP contribution < -0.4 is 9.30 Å². The fraction of sp³-hybridized carbons (Fsp3) is 0.375. The molecule has 1 heterocycles. The van der Waals surface area contributed by atoms with Gasteiger partial charge in [-0.3, -0.25) is 4.79 Å². The number of ether oxygens (including phenoxy) is 1. The van der Waals surface area contributed by atoms with Crippen molar-refractivity contribution in [1.82, 2.24) is 0 Å². The summed E-state index contributed by atoms with van der Waals surface area (Å²) in [5, 5.41) is 9.97. The lowest BCUT2D eigenvalue weighted by atomic mass is 10.3. The van der Waals surface area contributed by atoms with Gasteiger partial charge in [0.05, 0.1) is 18.9 Å². The summed E-state index contributed by atoms with van der Waals surface area (Å²) in [5.74, 6) is 0.164. The van der Waals surface area contributed by atoms with Crippen LogP contribution in [0.25, 0.3) is 16.3 Å². The normalized spacial score (nSPS) is 11.9. The second-order valence-corrected chi connectivity index (χ2v) is 6.83. The number of nitrogens with zero attached hydrogens (tertiary/aromatic N) is 1. The molecule has 0 aliphatic rings. The molecule has 2 rings (SSSR count). The molecule has 0 saturated heterocycles. The first-order valence-corrected chi connectivity index (χ1v) is 8.94. The topological polar surface area (TPSA) is 50.4 Å². The molecule has 0 atom stereocenters. The molecule has 6 heteroatoms. The SMILES string of the molecule is CC/C(=C\c1sc2ccc(OC)cc2[n+]1CC)SCC(=O)O. The van der Waals surface area contributed by atoms with Gasteiger partial charge in [0, 0.05) is 6.08 Å². The second kappa shape index (κ2) is 7.65. The lowest BCUT2D eigenvalue weighted by molar-refractivity contribution is -0.665. The van der Waals surface area contributed by atoms with Crippen molar-refractivity contribution in [3.63, 3.8) is 0 Å². The highest BCUT2D eigenvalue weighted by atomic mass is 32.2. The number of thiazole rings is 1. The Bertz CT molecular complexity index is 707. The molecular formula is C16H20NO3S2+. The Balaban J connectivity index is 2.43. The number of aliphatic carboxylic acids is 1. The van der Waals surface area contributed by atoms with E-state index in [1.807, 2.05) is 19.1 Å². The van der Waals surface area contributed by atoms with Crippen molar-refractivity contribution in [3.8, 4) is 5.75 Å². The molecule has 1 aromatic heterocycles. The summed E-state index contributed by atoms with van der Waals surface area (Å²) in [6, 6.07) is 6.08. The van der Waals surface area contributed by atoms with Gasteiger partial charge in [0.25, 0.3) is 5.01 Å². The molecule has 0 bridgehead atoms. The zero-order valence-electron chi connectivity index (χ0n) is 13.0. The fourth-order valence-electron chi connectivity index (χ4n) is 2.18. The first kappa shape index (κ1) is 16.8. The Morgan fingerprint density at radius 1 is 1.45 bits per heavy atom. The summed E-state index contributed by atoms with van der Waals surface area (Å²) in [6.07, 6.45) is 2.94. The third-order valence-corrected chi connectivity index (χ3v) is 5.55. The molecule has 4 nitrogen and oxygen atoms in total. The number of carboxylic acids is 1. The number of hydrogen-bond donors (Lipinski definition) is 1. The van der Waals surface area contributed by atoms with Crippen molar-refractivity contribution in [3.05, 3.63) is 28.1 Å². The van der Waals surface area contributed by atoms with Crippen molar-refractivity contribution >= 4 is 45.4 Å². The fourth-order valence-corrected chi connectivity index (χ4v) is 4.14. The van der Waals surface area contributed by atoms with Crippen LogP contribution in [0.15, 0.2) is 23.1 Å². The summed E-state index contributed by atoms with van der Waals surface area (Å²) in [7, 11) is 1.67. The maximum absolute atomic E-state index is 10.7. The summed E-state index contributed by atoms with van der Waals surface area (Å²) in [5.41, 5.74) is 1.15. The molecule has 0 saturated carbocycles. The Morgan fingerprint density at radius 3 is 2.82 bits per heavy atom. The van der Waals surface area contributed by atoms with E-state index in [2.05, 4.69) is 23.6 Å². The molecule has 1 aromatic carbocycles. The van der Waals surface area contributed by atoms with Crippen LogP contribution in [-0.2, 0) is 11.3 Å². The van der Waals surface area contributed by atoms with Crippen LogP contribution in [0.4, 0.5) is 0 Å². The number of aryl methyl sites for hydroxylation is 1. The van der Waals surface area contributed by atoms with Crippen molar-refractivity contribution in [1.29, 1.82) is 0 Å². The minimum absolute atomic E-state index is 0.102. The van der Waals surface area contributed by atoms with Crippen LogP contribution in [0, 0.1) is 0 Å². The molecule has 0 amide bonds. The number of thioether (sulfide) groups is 1. The average Bonchev–Trinajstić information content (AvgIpc) is 2.86. The number of benzene rings is 1. The second-order valence-electron chi connectivity index (χ2n) is 4.66. The summed E-state index contributed by atoms with van der Waals surface area (Å²) in [4.78, 5) is 11.8. The van der Waals surface area contributed by atoms with Crippen molar-refractivity contribution in [2.24, 2.45) is 0 Å². The predicted molar refractivity (Wildman–Crippen MR) is 92.6 cm³/mol. The average molecular weight is 338 g/mol. The van der Waals surface area contributed by atoms with E-state index in [1.165, 1.54) is 16.5 Å². The van der Waals surface area contributed by atoms with Crippen LogP contribution in [0.2, 0.25) is 0 Å². The summed E-state index contributed by atoms with van der Waals surface area (Å²) < 4.78 is 8.74. The van der Waals surface area contributed by atoms with Gasteiger partial charge in [0.15, 0.2) is 0 Å². The van der Waals surface area contributed by atoms with E-state index in [0.717, 1.165) is 34.1 Å². The van der Waals surface area contributed by atoms with E-state index in [4.69, 9.17) is 9.84 Å². The lowest BCUT2D eigenvalue weighted by Gasteiger charge is -2.00. The number of carboxylic acid groups (broad SMARTS) is 1. The third-order valence-electron chi connectivity index (χ3n) is 3.27. The monoisotopic (exact) mass is 338 g/mol. The molecule has 0 unspecified atom stereocenters. The molecular weight excluding hydrogens is 318 g/mol. The summed E-state index contributed by atoms with van der Waals surface area (Å²) in [6.45, 7) is 5.02. The van der Waals surface area contributed by atoms with Gasteiger partial charge in [-0.15, -0.1) is 11.8 Å².